The summed E-state index contributed by atoms with van der Waals surface area (Å²) in [5.74, 6) is 0.850. The SMILES string of the molecule is CCC(=Cc1sc2ccc(Cl)cc2[n+]1CCCC(=O)[O-])/C=C1/Oc2ccc(Cl)cc2N1CCCSOO[O-]. The minimum Gasteiger partial charge on any atom is -0.691 e. The van der Waals surface area contributed by atoms with Crippen molar-refractivity contribution in [2.45, 2.75) is 39.2 Å². The van der Waals surface area contributed by atoms with Gasteiger partial charge in [-0.3, -0.25) is 5.04 Å². The summed E-state index contributed by atoms with van der Waals surface area (Å²) in [6.07, 6.45) is 5.95. The van der Waals surface area contributed by atoms with E-state index in [0.717, 1.165) is 44.9 Å². The zero-order chi connectivity index (χ0) is 27.1. The van der Waals surface area contributed by atoms with Gasteiger partial charge in [0.25, 0.3) is 5.01 Å². The van der Waals surface area contributed by atoms with E-state index < -0.39 is 5.97 Å². The molecule has 8 nitrogen and oxygen atoms in total. The van der Waals surface area contributed by atoms with Crippen LogP contribution in [-0.2, 0) is 20.7 Å². The molecule has 0 unspecified atom stereocenters. The molecule has 38 heavy (non-hydrogen) atoms. The van der Waals surface area contributed by atoms with Crippen LogP contribution in [-0.4, -0.2) is 18.3 Å². The number of nitrogens with zero attached hydrogens (tertiary/aromatic N) is 2. The van der Waals surface area contributed by atoms with Crippen LogP contribution in [0.3, 0.4) is 0 Å². The summed E-state index contributed by atoms with van der Waals surface area (Å²) in [4.78, 5) is 13.0. The van der Waals surface area contributed by atoms with E-state index in [1.165, 1.54) is 0 Å². The van der Waals surface area contributed by atoms with Crippen LogP contribution in [0.2, 0.25) is 10.0 Å². The van der Waals surface area contributed by atoms with Crippen LogP contribution >= 0.6 is 46.6 Å². The molecule has 0 N–H and O–H groups in total. The van der Waals surface area contributed by atoms with E-state index in [4.69, 9.17) is 27.9 Å². The third-order valence-corrected chi connectivity index (χ3v) is 8.05. The zero-order valence-electron chi connectivity index (χ0n) is 20.5. The number of thiazole rings is 1. The molecule has 0 aliphatic carbocycles. The van der Waals surface area contributed by atoms with Crippen molar-refractivity contribution in [2.75, 3.05) is 17.2 Å². The number of rotatable bonds is 13. The standard InChI is InChI=1S/C26H26Cl2N2O6S2/c1-2-17(14-25-30(10-3-5-26(31)32)21-16-19(28)7-9-23(21)38-25)13-24-29(11-4-12-37-36-35-33)20-15-18(27)6-8-22(20)34-24/h6-9,13-16H,2-5,10-12H2,1H3,(H-,31,32,33)/p-1. The first-order chi connectivity index (χ1) is 18.4. The van der Waals surface area contributed by atoms with Gasteiger partial charge in [-0.05, 0) is 55.2 Å². The second kappa shape index (κ2) is 13.7. The number of carbonyl (C=O) groups excluding carboxylic acids is 1. The highest BCUT2D eigenvalue weighted by Crippen LogP contribution is 2.41. The zero-order valence-corrected chi connectivity index (χ0v) is 23.6. The van der Waals surface area contributed by atoms with Gasteiger partial charge in [-0.15, -0.1) is 0 Å². The largest absolute Gasteiger partial charge is 0.691 e. The molecule has 0 bridgehead atoms. The van der Waals surface area contributed by atoms with Crippen molar-refractivity contribution in [3.63, 3.8) is 0 Å². The minimum atomic E-state index is -1.07. The number of hydrogen-bond acceptors (Lipinski definition) is 9. The van der Waals surface area contributed by atoms with Gasteiger partial charge in [0.05, 0.1) is 5.69 Å². The number of carbonyl (C=O) groups is 1. The van der Waals surface area contributed by atoms with Gasteiger partial charge in [0.1, 0.15) is 4.70 Å². The fourth-order valence-electron chi connectivity index (χ4n) is 4.10. The van der Waals surface area contributed by atoms with E-state index in [-0.39, 0.29) is 6.42 Å². The first-order valence-corrected chi connectivity index (χ1v) is 14.4. The molecule has 4 rings (SSSR count). The number of benzene rings is 2. The molecule has 1 aromatic heterocycles. The predicted molar refractivity (Wildman–Crippen MR) is 146 cm³/mol. The number of hydrogen-bond donors (Lipinski definition) is 0. The quantitative estimate of drug-likeness (QED) is 0.0911. The van der Waals surface area contributed by atoms with Crippen LogP contribution < -0.4 is 24.6 Å². The lowest BCUT2D eigenvalue weighted by Gasteiger charge is -2.18. The summed E-state index contributed by atoms with van der Waals surface area (Å²) in [6.45, 7) is 3.19. The molecular weight excluding hydrogens is 571 g/mol. The average Bonchev–Trinajstić information content (AvgIpc) is 3.40. The molecule has 1 aliphatic heterocycles. The third-order valence-electron chi connectivity index (χ3n) is 5.86. The summed E-state index contributed by atoms with van der Waals surface area (Å²) >= 11 is 15.1. The number of fused-ring (bicyclic) bond motifs is 2. The molecule has 1 aliphatic rings. The number of carboxylic acid groups (broad SMARTS) is 1. The van der Waals surface area contributed by atoms with Gasteiger partial charge in [0.15, 0.2) is 12.3 Å². The first-order valence-electron chi connectivity index (χ1n) is 12.0. The van der Waals surface area contributed by atoms with E-state index >= 15 is 0 Å². The van der Waals surface area contributed by atoms with Crippen molar-refractivity contribution >= 4 is 74.5 Å². The number of anilines is 1. The Hall–Kier alpha value is -2.31. The number of aryl methyl sites for hydroxylation is 1. The lowest BCUT2D eigenvalue weighted by molar-refractivity contribution is -0.777. The lowest BCUT2D eigenvalue weighted by Crippen LogP contribution is -2.36. The number of halogens is 2. The summed E-state index contributed by atoms with van der Waals surface area (Å²) in [7, 11) is 0. The highest BCUT2D eigenvalue weighted by molar-refractivity contribution is 7.94. The molecule has 3 aromatic rings. The molecule has 12 heteroatoms. The van der Waals surface area contributed by atoms with Crippen LogP contribution in [0.1, 0.15) is 37.6 Å². The fourth-order valence-corrected chi connectivity index (χ4v) is 5.94. The van der Waals surface area contributed by atoms with Crippen LogP contribution in [0.25, 0.3) is 16.3 Å². The lowest BCUT2D eigenvalue weighted by atomic mass is 10.1. The van der Waals surface area contributed by atoms with E-state index in [0.29, 0.717) is 53.4 Å². The van der Waals surface area contributed by atoms with Gasteiger partial charge in [0.2, 0.25) is 11.4 Å². The fraction of sp³-hybridized carbons (Fsp3) is 0.308. The van der Waals surface area contributed by atoms with Gasteiger partial charge in [-0.1, -0.05) is 41.5 Å². The third kappa shape index (κ3) is 7.20. The molecule has 0 spiro atoms. The maximum atomic E-state index is 11.0. The molecule has 0 fully saturated rings. The second-order valence-electron chi connectivity index (χ2n) is 8.41. The highest BCUT2D eigenvalue weighted by Gasteiger charge is 2.27. The minimum absolute atomic E-state index is 0.0212. The number of aliphatic carboxylic acids is 1. The monoisotopic (exact) mass is 595 g/mol. The topological polar surface area (TPSA) is 98.0 Å². The highest BCUT2D eigenvalue weighted by atomic mass is 35.5. The summed E-state index contributed by atoms with van der Waals surface area (Å²) < 4.78 is 13.7. The average molecular weight is 597 g/mol. The molecule has 0 radical (unpaired) electrons. The summed E-state index contributed by atoms with van der Waals surface area (Å²) in [5.41, 5.74) is 2.84. The van der Waals surface area contributed by atoms with Crippen molar-refractivity contribution in [2.24, 2.45) is 0 Å². The molecule has 0 saturated heterocycles. The normalized spacial score (nSPS) is 14.4. The van der Waals surface area contributed by atoms with Crippen molar-refractivity contribution < 1.29 is 33.8 Å². The molecule has 202 valence electrons. The smallest absolute Gasteiger partial charge is 0.263 e. The van der Waals surface area contributed by atoms with Crippen LogP contribution in [0.5, 0.6) is 5.75 Å². The van der Waals surface area contributed by atoms with Gasteiger partial charge >= 0.3 is 0 Å². The van der Waals surface area contributed by atoms with E-state index in [9.17, 15) is 15.2 Å². The summed E-state index contributed by atoms with van der Waals surface area (Å²) in [6, 6.07) is 11.2. The molecule has 0 atom stereocenters. The Morgan fingerprint density at radius 2 is 2.00 bits per heavy atom. The van der Waals surface area contributed by atoms with Gasteiger partial charge in [-0.2, -0.15) is 8.90 Å². The molecule has 2 aromatic carbocycles. The molecule has 2 heterocycles. The number of allylic oxidation sites excluding steroid dienone is 2. The van der Waals surface area contributed by atoms with Crippen molar-refractivity contribution in [1.29, 1.82) is 0 Å². The van der Waals surface area contributed by atoms with Crippen molar-refractivity contribution in [3.8, 4) is 5.75 Å². The predicted octanol–water partition coefficient (Wildman–Crippen LogP) is 4.82. The number of aromatic nitrogens is 1. The molecule has 0 saturated carbocycles. The Labute approximate surface area is 238 Å². The Morgan fingerprint density at radius 1 is 1.21 bits per heavy atom. The maximum absolute atomic E-state index is 11.0. The van der Waals surface area contributed by atoms with Crippen molar-refractivity contribution in [1.82, 2.24) is 0 Å². The number of carboxylic acids is 1. The van der Waals surface area contributed by atoms with Gasteiger partial charge in [-0.25, -0.2) is 0 Å². The van der Waals surface area contributed by atoms with Crippen LogP contribution in [0.4, 0.5) is 5.69 Å². The van der Waals surface area contributed by atoms with E-state index in [1.54, 1.807) is 17.4 Å². The van der Waals surface area contributed by atoms with Crippen LogP contribution in [0, 0.1) is 0 Å². The Kier molecular flexibility index (Phi) is 10.3. The van der Waals surface area contributed by atoms with E-state index in [1.807, 2.05) is 41.3 Å². The Bertz CT molecular complexity index is 1360. The Morgan fingerprint density at radius 3 is 2.76 bits per heavy atom. The number of ether oxygens (including phenoxy) is 1. The Balaban J connectivity index is 1.66. The molecular formula is C26H25Cl2N2O6S2-. The van der Waals surface area contributed by atoms with E-state index in [2.05, 4.69) is 26.9 Å². The second-order valence-corrected chi connectivity index (χ2v) is 11.1. The van der Waals surface area contributed by atoms with Gasteiger partial charge in [0, 0.05) is 65.0 Å². The van der Waals surface area contributed by atoms with Gasteiger partial charge < -0.3 is 24.8 Å². The molecule has 0 amide bonds. The van der Waals surface area contributed by atoms with Crippen molar-refractivity contribution in [3.05, 3.63) is 69.0 Å². The summed E-state index contributed by atoms with van der Waals surface area (Å²) in [5, 5.41) is 26.7. The first kappa shape index (κ1) is 28.7. The van der Waals surface area contributed by atoms with Crippen LogP contribution in [0.15, 0.2) is 53.9 Å². The maximum Gasteiger partial charge on any atom is 0.263 e.